The van der Waals surface area contributed by atoms with E-state index >= 15 is 0 Å². The maximum Gasteiger partial charge on any atom is 0.255 e. The first-order valence-electron chi connectivity index (χ1n) is 7.53. The van der Waals surface area contributed by atoms with Crippen molar-refractivity contribution >= 4 is 17.5 Å². The zero-order chi connectivity index (χ0) is 13.9. The molecule has 1 aliphatic carbocycles. The molecule has 0 spiro atoms. The third-order valence-corrected chi connectivity index (χ3v) is 4.88. The van der Waals surface area contributed by atoms with Gasteiger partial charge in [-0.15, -0.1) is 0 Å². The number of piperazine rings is 1. The summed E-state index contributed by atoms with van der Waals surface area (Å²) in [5.41, 5.74) is 0.628. The zero-order valence-corrected chi connectivity index (χ0v) is 12.5. The molecule has 0 N–H and O–H groups in total. The number of rotatable bonds is 2. The van der Waals surface area contributed by atoms with Crippen LogP contribution in [-0.2, 0) is 0 Å². The summed E-state index contributed by atoms with van der Waals surface area (Å²) in [5, 5.41) is 0.552. The number of halogens is 1. The van der Waals surface area contributed by atoms with E-state index in [0.717, 1.165) is 32.2 Å². The van der Waals surface area contributed by atoms with Crippen molar-refractivity contribution in [2.24, 2.45) is 0 Å². The van der Waals surface area contributed by atoms with Crippen molar-refractivity contribution in [3.8, 4) is 0 Å². The number of benzene rings is 1. The first-order valence-corrected chi connectivity index (χ1v) is 7.91. The van der Waals surface area contributed by atoms with E-state index in [4.69, 9.17) is 11.6 Å². The van der Waals surface area contributed by atoms with Crippen molar-refractivity contribution in [1.29, 1.82) is 0 Å². The van der Waals surface area contributed by atoms with E-state index in [-0.39, 0.29) is 5.91 Å². The third-order valence-electron chi connectivity index (χ3n) is 4.55. The van der Waals surface area contributed by atoms with E-state index in [1.165, 1.54) is 25.7 Å². The minimum Gasteiger partial charge on any atom is -0.336 e. The Morgan fingerprint density at radius 1 is 1.05 bits per heavy atom. The van der Waals surface area contributed by atoms with Gasteiger partial charge in [0.1, 0.15) is 0 Å². The van der Waals surface area contributed by atoms with Crippen LogP contribution in [0.15, 0.2) is 24.3 Å². The normalized spacial score (nSPS) is 21.4. The molecule has 1 saturated carbocycles. The van der Waals surface area contributed by atoms with Gasteiger partial charge in [-0.05, 0) is 25.0 Å². The Morgan fingerprint density at radius 2 is 1.70 bits per heavy atom. The van der Waals surface area contributed by atoms with E-state index in [1.54, 1.807) is 6.07 Å². The van der Waals surface area contributed by atoms with Gasteiger partial charge in [0.2, 0.25) is 0 Å². The molecule has 0 atom stereocenters. The Bertz CT molecular complexity index is 477. The van der Waals surface area contributed by atoms with Crippen LogP contribution in [0.2, 0.25) is 5.02 Å². The lowest BCUT2D eigenvalue weighted by atomic mass is 10.1. The summed E-state index contributed by atoms with van der Waals surface area (Å²) in [7, 11) is 0. The highest BCUT2D eigenvalue weighted by Gasteiger charge is 2.28. The van der Waals surface area contributed by atoms with Crippen molar-refractivity contribution in [2.75, 3.05) is 26.2 Å². The Labute approximate surface area is 125 Å². The van der Waals surface area contributed by atoms with Gasteiger partial charge in [-0.2, -0.15) is 0 Å². The topological polar surface area (TPSA) is 23.6 Å². The molecule has 0 unspecified atom stereocenters. The lowest BCUT2D eigenvalue weighted by Crippen LogP contribution is -2.51. The molecule has 1 amide bonds. The quantitative estimate of drug-likeness (QED) is 0.836. The maximum atomic E-state index is 12.5. The summed E-state index contributed by atoms with van der Waals surface area (Å²) in [6, 6.07) is 8.08. The third kappa shape index (κ3) is 2.84. The minimum absolute atomic E-state index is 0.0710. The summed E-state index contributed by atoms with van der Waals surface area (Å²) < 4.78 is 0. The fourth-order valence-electron chi connectivity index (χ4n) is 3.36. The fourth-order valence-corrected chi connectivity index (χ4v) is 3.58. The van der Waals surface area contributed by atoms with Gasteiger partial charge in [0.15, 0.2) is 0 Å². The highest BCUT2D eigenvalue weighted by atomic mass is 35.5. The van der Waals surface area contributed by atoms with Crippen LogP contribution in [-0.4, -0.2) is 47.9 Å². The first-order chi connectivity index (χ1) is 9.75. The second-order valence-electron chi connectivity index (χ2n) is 5.75. The molecule has 0 bridgehead atoms. The summed E-state index contributed by atoms with van der Waals surface area (Å²) in [5.74, 6) is 0.0710. The molecule has 3 nitrogen and oxygen atoms in total. The van der Waals surface area contributed by atoms with Gasteiger partial charge in [-0.1, -0.05) is 36.6 Å². The smallest absolute Gasteiger partial charge is 0.255 e. The predicted molar refractivity (Wildman–Crippen MR) is 81.2 cm³/mol. The second kappa shape index (κ2) is 6.15. The molecule has 1 aliphatic heterocycles. The van der Waals surface area contributed by atoms with E-state index in [0.29, 0.717) is 10.6 Å². The number of amides is 1. The Balaban J connectivity index is 1.60. The molecular formula is C16H21ClN2O. The molecule has 0 aromatic heterocycles. The van der Waals surface area contributed by atoms with Crippen LogP contribution in [0, 0.1) is 0 Å². The first kappa shape index (κ1) is 13.9. The Hall–Kier alpha value is -1.06. The monoisotopic (exact) mass is 292 g/mol. The van der Waals surface area contributed by atoms with E-state index < -0.39 is 0 Å². The van der Waals surface area contributed by atoms with Crippen LogP contribution in [0.3, 0.4) is 0 Å². The van der Waals surface area contributed by atoms with Crippen LogP contribution < -0.4 is 0 Å². The van der Waals surface area contributed by atoms with Gasteiger partial charge >= 0.3 is 0 Å². The van der Waals surface area contributed by atoms with Crippen LogP contribution in [0.5, 0.6) is 0 Å². The summed E-state index contributed by atoms with van der Waals surface area (Å²) in [6.07, 6.45) is 5.39. The van der Waals surface area contributed by atoms with Crippen molar-refractivity contribution in [2.45, 2.75) is 31.7 Å². The molecular weight excluding hydrogens is 272 g/mol. The molecule has 1 heterocycles. The van der Waals surface area contributed by atoms with Gasteiger partial charge in [0, 0.05) is 32.2 Å². The molecule has 1 aromatic carbocycles. The standard InChI is InChI=1S/C16H21ClN2O/c17-15-8-4-3-7-14(15)16(20)19-11-9-18(10-12-19)13-5-1-2-6-13/h3-4,7-8,13H,1-2,5-6,9-12H2. The van der Waals surface area contributed by atoms with E-state index in [2.05, 4.69) is 4.90 Å². The maximum absolute atomic E-state index is 12.5. The van der Waals surface area contributed by atoms with Gasteiger partial charge in [-0.3, -0.25) is 9.69 Å². The van der Waals surface area contributed by atoms with Gasteiger partial charge in [0.25, 0.3) is 5.91 Å². The lowest BCUT2D eigenvalue weighted by molar-refractivity contribution is 0.0573. The van der Waals surface area contributed by atoms with Crippen LogP contribution in [0.25, 0.3) is 0 Å². The largest absolute Gasteiger partial charge is 0.336 e. The molecule has 3 rings (SSSR count). The molecule has 2 aliphatic rings. The van der Waals surface area contributed by atoms with E-state index in [1.807, 2.05) is 23.1 Å². The molecule has 4 heteroatoms. The lowest BCUT2D eigenvalue weighted by Gasteiger charge is -2.38. The molecule has 0 radical (unpaired) electrons. The molecule has 2 fully saturated rings. The average molecular weight is 293 g/mol. The fraction of sp³-hybridized carbons (Fsp3) is 0.562. The SMILES string of the molecule is O=C(c1ccccc1Cl)N1CCN(C2CCCC2)CC1. The Kier molecular flexibility index (Phi) is 4.27. The minimum atomic E-state index is 0.0710. The average Bonchev–Trinajstić information content (AvgIpc) is 3.01. The van der Waals surface area contributed by atoms with Gasteiger partial charge < -0.3 is 4.90 Å². The molecule has 20 heavy (non-hydrogen) atoms. The number of hydrogen-bond acceptors (Lipinski definition) is 2. The number of nitrogens with zero attached hydrogens (tertiary/aromatic N) is 2. The van der Waals surface area contributed by atoms with Crippen LogP contribution in [0.1, 0.15) is 36.0 Å². The molecule has 1 saturated heterocycles. The van der Waals surface area contributed by atoms with Crippen molar-refractivity contribution in [3.63, 3.8) is 0 Å². The summed E-state index contributed by atoms with van der Waals surface area (Å²) >= 11 is 6.11. The Morgan fingerprint density at radius 3 is 2.35 bits per heavy atom. The number of hydrogen-bond donors (Lipinski definition) is 0. The highest BCUT2D eigenvalue weighted by molar-refractivity contribution is 6.33. The van der Waals surface area contributed by atoms with Crippen molar-refractivity contribution in [3.05, 3.63) is 34.9 Å². The van der Waals surface area contributed by atoms with Crippen LogP contribution >= 0.6 is 11.6 Å². The predicted octanol–water partition coefficient (Wildman–Crippen LogP) is 3.04. The highest BCUT2D eigenvalue weighted by Crippen LogP contribution is 2.25. The number of carbonyl (C=O) groups is 1. The molecule has 1 aromatic rings. The second-order valence-corrected chi connectivity index (χ2v) is 6.15. The number of carbonyl (C=O) groups excluding carboxylic acids is 1. The summed E-state index contributed by atoms with van der Waals surface area (Å²) in [6.45, 7) is 3.64. The van der Waals surface area contributed by atoms with E-state index in [9.17, 15) is 4.79 Å². The van der Waals surface area contributed by atoms with Crippen LogP contribution in [0.4, 0.5) is 0 Å². The summed E-state index contributed by atoms with van der Waals surface area (Å²) in [4.78, 5) is 17.0. The van der Waals surface area contributed by atoms with Gasteiger partial charge in [-0.25, -0.2) is 0 Å². The van der Waals surface area contributed by atoms with Crippen molar-refractivity contribution in [1.82, 2.24) is 9.80 Å². The van der Waals surface area contributed by atoms with Gasteiger partial charge in [0.05, 0.1) is 10.6 Å². The van der Waals surface area contributed by atoms with Crippen molar-refractivity contribution < 1.29 is 4.79 Å². The molecule has 108 valence electrons. The zero-order valence-electron chi connectivity index (χ0n) is 11.7.